The Morgan fingerprint density at radius 2 is 1.74 bits per heavy atom. The SMILES string of the molecule is C=C/C(=C\C)Oc1c(C)cc(NC(C)=O)cc1C.CC/C(=C/NC(=O)C(C)c1ccccc1)CO. The van der Waals surface area contributed by atoms with Crippen LogP contribution in [0.1, 0.15) is 56.7 Å². The number of aliphatic hydroxyl groups is 1. The molecule has 0 spiro atoms. The van der Waals surface area contributed by atoms with Gasteiger partial charge in [-0.1, -0.05) is 43.8 Å². The second-order valence-corrected chi connectivity index (χ2v) is 8.07. The van der Waals surface area contributed by atoms with Gasteiger partial charge in [0.05, 0.1) is 12.5 Å². The van der Waals surface area contributed by atoms with E-state index in [2.05, 4.69) is 17.2 Å². The normalized spacial score (nSPS) is 12.1. The monoisotopic (exact) mass is 478 g/mol. The third-order valence-corrected chi connectivity index (χ3v) is 5.25. The molecule has 1 unspecified atom stereocenters. The van der Waals surface area contributed by atoms with Crippen molar-refractivity contribution in [2.45, 2.75) is 53.9 Å². The van der Waals surface area contributed by atoms with E-state index in [0.717, 1.165) is 40.1 Å². The third-order valence-electron chi connectivity index (χ3n) is 5.25. The zero-order chi connectivity index (χ0) is 26.4. The number of nitrogens with one attached hydrogen (secondary N) is 2. The maximum atomic E-state index is 11.8. The Labute approximate surface area is 209 Å². The van der Waals surface area contributed by atoms with E-state index >= 15 is 0 Å². The number of hydrogen-bond acceptors (Lipinski definition) is 4. The minimum atomic E-state index is -0.191. The largest absolute Gasteiger partial charge is 0.457 e. The number of hydrogen-bond donors (Lipinski definition) is 3. The van der Waals surface area contributed by atoms with Crippen molar-refractivity contribution < 1.29 is 19.4 Å². The van der Waals surface area contributed by atoms with Gasteiger partial charge in [-0.3, -0.25) is 9.59 Å². The smallest absolute Gasteiger partial charge is 0.231 e. The second-order valence-electron chi connectivity index (χ2n) is 8.07. The number of aliphatic hydroxyl groups excluding tert-OH is 1. The van der Waals surface area contributed by atoms with Gasteiger partial charge in [-0.2, -0.15) is 0 Å². The van der Waals surface area contributed by atoms with Gasteiger partial charge in [0, 0.05) is 18.8 Å². The molecule has 35 heavy (non-hydrogen) atoms. The molecule has 0 saturated carbocycles. The van der Waals surface area contributed by atoms with Crippen LogP contribution < -0.4 is 15.4 Å². The Bertz CT molecular complexity index is 1030. The minimum Gasteiger partial charge on any atom is -0.457 e. The number of carbonyl (C=O) groups excluding carboxylic acids is 2. The molecule has 0 aliphatic rings. The van der Waals surface area contributed by atoms with Gasteiger partial charge in [-0.25, -0.2) is 0 Å². The van der Waals surface area contributed by atoms with Crippen molar-refractivity contribution in [1.29, 1.82) is 0 Å². The Morgan fingerprint density at radius 1 is 1.14 bits per heavy atom. The van der Waals surface area contributed by atoms with E-state index in [4.69, 9.17) is 9.84 Å². The van der Waals surface area contributed by atoms with Crippen molar-refractivity contribution in [1.82, 2.24) is 5.32 Å². The molecule has 0 aliphatic carbocycles. The van der Waals surface area contributed by atoms with E-state index in [-0.39, 0.29) is 24.3 Å². The molecule has 6 nitrogen and oxygen atoms in total. The molecule has 188 valence electrons. The summed E-state index contributed by atoms with van der Waals surface area (Å²) >= 11 is 0. The molecule has 0 aromatic heterocycles. The fourth-order valence-corrected chi connectivity index (χ4v) is 3.17. The van der Waals surface area contributed by atoms with E-state index in [0.29, 0.717) is 5.76 Å². The molecule has 0 aliphatic heterocycles. The van der Waals surface area contributed by atoms with E-state index < -0.39 is 0 Å². The Kier molecular flexibility index (Phi) is 12.8. The summed E-state index contributed by atoms with van der Waals surface area (Å²) < 4.78 is 5.76. The van der Waals surface area contributed by atoms with E-state index in [9.17, 15) is 9.59 Å². The fraction of sp³-hybridized carbons (Fsp3) is 0.310. The molecule has 1 atom stereocenters. The van der Waals surface area contributed by atoms with Gasteiger partial charge in [-0.05, 0) is 80.7 Å². The maximum Gasteiger partial charge on any atom is 0.231 e. The summed E-state index contributed by atoms with van der Waals surface area (Å²) in [4.78, 5) is 22.9. The molecule has 2 aromatic carbocycles. The Morgan fingerprint density at radius 3 is 2.20 bits per heavy atom. The highest BCUT2D eigenvalue weighted by atomic mass is 16.5. The highest BCUT2D eigenvalue weighted by molar-refractivity contribution is 5.89. The van der Waals surface area contributed by atoms with Crippen LogP contribution >= 0.6 is 0 Å². The predicted molar refractivity (Wildman–Crippen MR) is 143 cm³/mol. The third kappa shape index (κ3) is 10.0. The summed E-state index contributed by atoms with van der Waals surface area (Å²) in [7, 11) is 0. The van der Waals surface area contributed by atoms with Crippen LogP contribution in [-0.2, 0) is 9.59 Å². The van der Waals surface area contributed by atoms with Gasteiger partial charge in [0.25, 0.3) is 0 Å². The maximum absolute atomic E-state index is 11.8. The number of allylic oxidation sites excluding steroid dienone is 2. The van der Waals surface area contributed by atoms with Crippen molar-refractivity contribution in [2.75, 3.05) is 11.9 Å². The summed E-state index contributed by atoms with van der Waals surface area (Å²) in [6.45, 7) is 14.8. The fourth-order valence-electron chi connectivity index (χ4n) is 3.17. The molecule has 0 saturated heterocycles. The van der Waals surface area contributed by atoms with Crippen molar-refractivity contribution in [3.63, 3.8) is 0 Å². The summed E-state index contributed by atoms with van der Waals surface area (Å²) in [5.74, 6) is 1.19. The summed E-state index contributed by atoms with van der Waals surface area (Å²) in [6.07, 6.45) is 5.85. The van der Waals surface area contributed by atoms with Crippen molar-refractivity contribution in [2.24, 2.45) is 0 Å². The summed E-state index contributed by atoms with van der Waals surface area (Å²) in [5.41, 5.74) is 4.53. The Balaban J connectivity index is 0.000000351. The van der Waals surface area contributed by atoms with Gasteiger partial charge in [0.2, 0.25) is 11.8 Å². The van der Waals surface area contributed by atoms with Gasteiger partial charge in [0.15, 0.2) is 0 Å². The first kappa shape index (κ1) is 29.4. The molecule has 6 heteroatoms. The molecule has 2 aromatic rings. The minimum absolute atomic E-state index is 0.0174. The topological polar surface area (TPSA) is 87.7 Å². The number of amides is 2. The average molecular weight is 479 g/mol. The van der Waals surface area contributed by atoms with Crippen LogP contribution in [0.4, 0.5) is 5.69 Å². The molecule has 3 N–H and O–H groups in total. The molecule has 0 bridgehead atoms. The van der Waals surface area contributed by atoms with Crippen LogP contribution in [0.2, 0.25) is 0 Å². The van der Waals surface area contributed by atoms with Crippen molar-refractivity contribution in [3.8, 4) is 5.75 Å². The number of benzene rings is 2. The zero-order valence-corrected chi connectivity index (χ0v) is 21.6. The van der Waals surface area contributed by atoms with E-state index in [1.54, 1.807) is 12.3 Å². The van der Waals surface area contributed by atoms with Crippen LogP contribution in [0.15, 0.2) is 78.7 Å². The lowest BCUT2D eigenvalue weighted by atomic mass is 10.0. The Hall–Kier alpha value is -3.64. The number of anilines is 1. The lowest BCUT2D eigenvalue weighted by Gasteiger charge is -2.14. The van der Waals surface area contributed by atoms with Gasteiger partial charge >= 0.3 is 0 Å². The van der Waals surface area contributed by atoms with Gasteiger partial charge < -0.3 is 20.5 Å². The van der Waals surface area contributed by atoms with Gasteiger partial charge in [0.1, 0.15) is 11.5 Å². The number of carbonyl (C=O) groups is 2. The number of rotatable bonds is 9. The van der Waals surface area contributed by atoms with Gasteiger partial charge in [-0.15, -0.1) is 0 Å². The highest BCUT2D eigenvalue weighted by Crippen LogP contribution is 2.29. The molecule has 0 heterocycles. The quantitative estimate of drug-likeness (QED) is 0.308. The first-order chi connectivity index (χ1) is 16.7. The molecule has 2 rings (SSSR count). The second kappa shape index (κ2) is 15.3. The van der Waals surface area contributed by atoms with Crippen LogP contribution in [0.3, 0.4) is 0 Å². The molecular formula is C29H38N2O4. The molecule has 2 amide bonds. The number of ether oxygens (including phenoxy) is 1. The number of aryl methyl sites for hydroxylation is 2. The first-order valence-corrected chi connectivity index (χ1v) is 11.7. The van der Waals surface area contributed by atoms with Crippen LogP contribution in [0.25, 0.3) is 0 Å². The van der Waals surface area contributed by atoms with E-state index in [1.807, 2.05) is 83.2 Å². The van der Waals surface area contributed by atoms with E-state index in [1.165, 1.54) is 6.92 Å². The summed E-state index contributed by atoms with van der Waals surface area (Å²) in [5, 5.41) is 14.5. The zero-order valence-electron chi connectivity index (χ0n) is 21.6. The van der Waals surface area contributed by atoms with Crippen LogP contribution in [-0.4, -0.2) is 23.5 Å². The highest BCUT2D eigenvalue weighted by Gasteiger charge is 2.13. The van der Waals surface area contributed by atoms with Crippen molar-refractivity contribution >= 4 is 17.5 Å². The van der Waals surface area contributed by atoms with Crippen LogP contribution in [0.5, 0.6) is 5.75 Å². The van der Waals surface area contributed by atoms with Crippen molar-refractivity contribution in [3.05, 3.63) is 95.4 Å². The average Bonchev–Trinajstić information content (AvgIpc) is 2.84. The molecule has 0 fully saturated rings. The standard InChI is InChI=1S/C15H19NO2.C14H19NO2/c1-6-14(7-2)18-15-10(3)8-13(9-11(15)4)16-12(5)17;1-3-12(10-16)9-15-14(17)11(2)13-7-5-4-6-8-13/h6-9H,1H2,2-5H3,(H,16,17);4-9,11,16H,3,10H2,1-2H3,(H,15,17)/b14-7+;12-9-. The predicted octanol–water partition coefficient (Wildman–Crippen LogP) is 5.92. The summed E-state index contributed by atoms with van der Waals surface area (Å²) in [6, 6.07) is 13.4. The first-order valence-electron chi connectivity index (χ1n) is 11.7. The van der Waals surface area contributed by atoms with Crippen LogP contribution in [0, 0.1) is 13.8 Å². The lowest BCUT2D eigenvalue weighted by Crippen LogP contribution is -2.24. The molecular weight excluding hydrogens is 440 g/mol. The lowest BCUT2D eigenvalue weighted by molar-refractivity contribution is -0.121. The molecule has 0 radical (unpaired) electrons.